The highest BCUT2D eigenvalue weighted by atomic mass is 19.1. The molecule has 2 nitrogen and oxygen atoms in total. The van der Waals surface area contributed by atoms with Gasteiger partial charge in [0.1, 0.15) is 5.82 Å². The molecule has 0 amide bonds. The summed E-state index contributed by atoms with van der Waals surface area (Å²) in [5.41, 5.74) is 0.434. The van der Waals surface area contributed by atoms with Crippen LogP contribution in [-0.4, -0.2) is 10.8 Å². The number of hydrogen-bond acceptors (Lipinski definition) is 2. The van der Waals surface area contributed by atoms with Crippen LogP contribution in [-0.2, 0) is 0 Å². The number of rotatable bonds is 2. The maximum absolute atomic E-state index is 13.5. The molecule has 0 spiro atoms. The van der Waals surface area contributed by atoms with E-state index >= 15 is 0 Å². The zero-order chi connectivity index (χ0) is 12.4. The molecule has 4 heteroatoms. The van der Waals surface area contributed by atoms with Crippen molar-refractivity contribution < 1.29 is 13.6 Å². The van der Waals surface area contributed by atoms with Crippen LogP contribution in [0.3, 0.4) is 0 Å². The molecule has 0 unspecified atom stereocenters. The topological polar surface area (TPSA) is 30.0 Å². The van der Waals surface area contributed by atoms with Crippen LogP contribution in [0.1, 0.15) is 21.5 Å². The second-order valence-electron chi connectivity index (χ2n) is 3.67. The van der Waals surface area contributed by atoms with Crippen LogP contribution in [0, 0.1) is 18.6 Å². The minimum atomic E-state index is -0.751. The molecular formula is C13H9F2NO. The van der Waals surface area contributed by atoms with E-state index in [2.05, 4.69) is 4.98 Å². The number of ketones is 1. The summed E-state index contributed by atoms with van der Waals surface area (Å²) >= 11 is 0. The minimum absolute atomic E-state index is 0.130. The molecule has 17 heavy (non-hydrogen) atoms. The Labute approximate surface area is 96.9 Å². The molecule has 0 aliphatic rings. The van der Waals surface area contributed by atoms with Gasteiger partial charge >= 0.3 is 0 Å². The van der Waals surface area contributed by atoms with Gasteiger partial charge in [0.15, 0.2) is 11.6 Å². The Balaban J connectivity index is 2.51. The van der Waals surface area contributed by atoms with E-state index in [1.807, 2.05) is 0 Å². The summed E-state index contributed by atoms with van der Waals surface area (Å²) in [6.45, 7) is 1.74. The van der Waals surface area contributed by atoms with Gasteiger partial charge in [-0.1, -0.05) is 11.6 Å². The fourth-order valence-corrected chi connectivity index (χ4v) is 1.52. The fraction of sp³-hybridized carbons (Fsp3) is 0.0769. The number of nitrogens with zero attached hydrogens (tertiary/aromatic N) is 1. The zero-order valence-corrected chi connectivity index (χ0v) is 9.08. The average Bonchev–Trinajstić information content (AvgIpc) is 2.32. The monoisotopic (exact) mass is 233 g/mol. The standard InChI is InChI=1S/C13H9F2NO/c1-8-2-3-11(14)10(6-8)13(17)9-4-5-16-7-12(9)15/h2-7H,1H3. The zero-order valence-electron chi connectivity index (χ0n) is 9.08. The summed E-state index contributed by atoms with van der Waals surface area (Å²) in [5, 5.41) is 0. The lowest BCUT2D eigenvalue weighted by molar-refractivity contribution is 0.103. The molecule has 2 rings (SSSR count). The fourth-order valence-electron chi connectivity index (χ4n) is 1.52. The maximum Gasteiger partial charge on any atom is 0.199 e. The van der Waals surface area contributed by atoms with E-state index in [4.69, 9.17) is 0 Å². The molecule has 0 fully saturated rings. The van der Waals surface area contributed by atoms with E-state index in [1.165, 1.54) is 24.4 Å². The van der Waals surface area contributed by atoms with E-state index in [0.717, 1.165) is 11.8 Å². The second-order valence-corrected chi connectivity index (χ2v) is 3.67. The maximum atomic E-state index is 13.5. The lowest BCUT2D eigenvalue weighted by Crippen LogP contribution is -2.07. The van der Waals surface area contributed by atoms with Crippen molar-refractivity contribution in [2.45, 2.75) is 6.92 Å². The first-order valence-corrected chi connectivity index (χ1v) is 5.00. The van der Waals surface area contributed by atoms with E-state index in [1.54, 1.807) is 13.0 Å². The Morgan fingerprint density at radius 1 is 1.12 bits per heavy atom. The summed E-state index contributed by atoms with van der Waals surface area (Å²) in [6.07, 6.45) is 2.23. The summed E-state index contributed by atoms with van der Waals surface area (Å²) < 4.78 is 26.8. The smallest absolute Gasteiger partial charge is 0.199 e. The van der Waals surface area contributed by atoms with Crippen molar-refractivity contribution in [3.05, 3.63) is 65.0 Å². The molecule has 0 saturated heterocycles. The third-order valence-electron chi connectivity index (χ3n) is 2.38. The number of carbonyl (C=O) groups excluding carboxylic acids is 1. The van der Waals surface area contributed by atoms with Gasteiger partial charge in [0, 0.05) is 6.20 Å². The third kappa shape index (κ3) is 2.20. The number of pyridine rings is 1. The van der Waals surface area contributed by atoms with Gasteiger partial charge < -0.3 is 0 Å². The second kappa shape index (κ2) is 4.41. The number of hydrogen-bond donors (Lipinski definition) is 0. The van der Waals surface area contributed by atoms with Crippen LogP contribution in [0.4, 0.5) is 8.78 Å². The molecule has 86 valence electrons. The first kappa shape index (κ1) is 11.4. The van der Waals surface area contributed by atoms with E-state index < -0.39 is 17.4 Å². The van der Waals surface area contributed by atoms with Crippen LogP contribution in [0.15, 0.2) is 36.7 Å². The minimum Gasteiger partial charge on any atom is -0.288 e. The molecule has 1 aromatic carbocycles. The predicted molar refractivity (Wildman–Crippen MR) is 58.8 cm³/mol. The van der Waals surface area contributed by atoms with Gasteiger partial charge in [-0.3, -0.25) is 9.78 Å². The molecule has 0 N–H and O–H groups in total. The van der Waals surface area contributed by atoms with Gasteiger partial charge in [0.25, 0.3) is 0 Å². The summed E-state index contributed by atoms with van der Waals surface area (Å²) in [6, 6.07) is 5.38. The highest BCUT2D eigenvalue weighted by Gasteiger charge is 2.17. The Morgan fingerprint density at radius 3 is 2.59 bits per heavy atom. The Hall–Kier alpha value is -2.10. The molecule has 1 aromatic heterocycles. The van der Waals surface area contributed by atoms with Crippen molar-refractivity contribution in [1.82, 2.24) is 4.98 Å². The lowest BCUT2D eigenvalue weighted by atomic mass is 10.0. The molecule has 1 heterocycles. The van der Waals surface area contributed by atoms with Crippen molar-refractivity contribution in [3.63, 3.8) is 0 Å². The molecule has 0 atom stereocenters. The molecule has 0 saturated carbocycles. The number of halogens is 2. The summed E-state index contributed by atoms with van der Waals surface area (Å²) in [7, 11) is 0. The third-order valence-corrected chi connectivity index (χ3v) is 2.38. The largest absolute Gasteiger partial charge is 0.288 e. The number of benzene rings is 1. The highest BCUT2D eigenvalue weighted by molar-refractivity contribution is 6.09. The van der Waals surface area contributed by atoms with Crippen LogP contribution in [0.5, 0.6) is 0 Å². The van der Waals surface area contributed by atoms with Crippen molar-refractivity contribution in [1.29, 1.82) is 0 Å². The molecule has 0 radical (unpaired) electrons. The first-order valence-electron chi connectivity index (χ1n) is 5.00. The number of aryl methyl sites for hydroxylation is 1. The average molecular weight is 233 g/mol. The van der Waals surface area contributed by atoms with Crippen molar-refractivity contribution in [3.8, 4) is 0 Å². The molecule has 0 bridgehead atoms. The molecule has 0 aliphatic heterocycles. The predicted octanol–water partition coefficient (Wildman–Crippen LogP) is 2.90. The van der Waals surface area contributed by atoms with Crippen LogP contribution >= 0.6 is 0 Å². The molecular weight excluding hydrogens is 224 g/mol. The van der Waals surface area contributed by atoms with Crippen LogP contribution in [0.25, 0.3) is 0 Å². The normalized spacial score (nSPS) is 10.3. The Morgan fingerprint density at radius 2 is 1.88 bits per heavy atom. The number of carbonyl (C=O) groups is 1. The van der Waals surface area contributed by atoms with E-state index in [9.17, 15) is 13.6 Å². The lowest BCUT2D eigenvalue weighted by Gasteiger charge is -2.04. The van der Waals surface area contributed by atoms with Gasteiger partial charge in [-0.25, -0.2) is 8.78 Å². The van der Waals surface area contributed by atoms with Crippen molar-refractivity contribution in [2.24, 2.45) is 0 Å². The van der Waals surface area contributed by atoms with Gasteiger partial charge in [-0.2, -0.15) is 0 Å². The van der Waals surface area contributed by atoms with Crippen molar-refractivity contribution >= 4 is 5.78 Å². The quantitative estimate of drug-likeness (QED) is 0.746. The van der Waals surface area contributed by atoms with Gasteiger partial charge in [0.2, 0.25) is 0 Å². The number of aromatic nitrogens is 1. The summed E-state index contributed by atoms with van der Waals surface area (Å²) in [5.74, 6) is -2.08. The van der Waals surface area contributed by atoms with E-state index in [-0.39, 0.29) is 11.1 Å². The van der Waals surface area contributed by atoms with Crippen LogP contribution in [0.2, 0.25) is 0 Å². The molecule has 0 aliphatic carbocycles. The molecule has 2 aromatic rings. The van der Waals surface area contributed by atoms with Gasteiger partial charge in [-0.05, 0) is 25.1 Å². The van der Waals surface area contributed by atoms with E-state index in [0.29, 0.717) is 0 Å². The van der Waals surface area contributed by atoms with Crippen molar-refractivity contribution in [2.75, 3.05) is 0 Å². The van der Waals surface area contributed by atoms with Crippen LogP contribution < -0.4 is 0 Å². The highest BCUT2D eigenvalue weighted by Crippen LogP contribution is 2.16. The summed E-state index contributed by atoms with van der Waals surface area (Å²) in [4.78, 5) is 15.5. The Bertz CT molecular complexity index is 581. The first-order chi connectivity index (χ1) is 8.09. The Kier molecular flexibility index (Phi) is 2.95. The van der Waals surface area contributed by atoms with Gasteiger partial charge in [0.05, 0.1) is 17.3 Å². The SMILES string of the molecule is Cc1ccc(F)c(C(=O)c2ccncc2F)c1. The van der Waals surface area contributed by atoms with Gasteiger partial charge in [-0.15, -0.1) is 0 Å².